The minimum Gasteiger partial charge on any atom is -0.493 e. The number of thiophene rings is 3. The number of halogens is 3. The van der Waals surface area contributed by atoms with Crippen molar-refractivity contribution in [1.29, 1.82) is 0 Å². The van der Waals surface area contributed by atoms with Gasteiger partial charge in [0, 0.05) is 98.6 Å². The van der Waals surface area contributed by atoms with Crippen molar-refractivity contribution in [2.75, 3.05) is 18.1 Å². The van der Waals surface area contributed by atoms with E-state index in [-0.39, 0.29) is 47.6 Å². The van der Waals surface area contributed by atoms with Gasteiger partial charge in [-0.05, 0) is 189 Å². The zero-order valence-corrected chi connectivity index (χ0v) is 63.4. The number of benzene rings is 11. The predicted molar refractivity (Wildman–Crippen MR) is 442 cm³/mol. The summed E-state index contributed by atoms with van der Waals surface area (Å²) in [6.45, 7) is 18.2. The van der Waals surface area contributed by atoms with Crippen molar-refractivity contribution in [3.63, 3.8) is 0 Å². The van der Waals surface area contributed by atoms with Crippen LogP contribution in [0.1, 0.15) is 109 Å². The van der Waals surface area contributed by atoms with Crippen LogP contribution in [0.4, 0.5) is 13.2 Å². The third-order valence-corrected chi connectivity index (χ3v) is 29.1. The molecule has 5 heterocycles. The van der Waals surface area contributed by atoms with E-state index in [9.17, 15) is 18.0 Å². The number of alkyl halides is 3. The summed E-state index contributed by atoms with van der Waals surface area (Å²) in [6.07, 6.45) is 4.81. The van der Waals surface area contributed by atoms with E-state index in [1.165, 1.54) is 128 Å². The largest absolute Gasteiger partial charge is 0.493 e. The fourth-order valence-corrected chi connectivity index (χ4v) is 23.9. The highest BCUT2D eigenvalue weighted by Crippen LogP contribution is 2.50. The van der Waals surface area contributed by atoms with Gasteiger partial charge in [0.2, 0.25) is 5.43 Å². The van der Waals surface area contributed by atoms with Crippen LogP contribution in [0, 0.1) is 13.8 Å². The molecule has 1 aliphatic rings. The summed E-state index contributed by atoms with van der Waals surface area (Å²) in [5, 5.41) is 10.7. The molecule has 0 spiro atoms. The van der Waals surface area contributed by atoms with Crippen molar-refractivity contribution in [3.8, 4) is 25.3 Å². The van der Waals surface area contributed by atoms with Gasteiger partial charge in [-0.15, -0.1) is 0 Å². The Balaban J connectivity index is 0.000000130. The maximum Gasteiger partial charge on any atom is 0.416 e. The SMILES string of the molecule is CC.CC(C)(C)c1ccc(-[s+]2ccc3ccccc32)cc1.CCCCCCOc1c(C)cc(-[s+]2c3ccccc3c3ccccc32)cc1C.O=c1c2ccccc2[s+](-c2ccccc2)c2ccc(C(F)(F)F)cc12.c1ccc(-[s+]2ccc3ccccc32)cc1.c1ccc([S+]2CCCCC2)cc1. The lowest BCUT2D eigenvalue weighted by molar-refractivity contribution is -0.137. The lowest BCUT2D eigenvalue weighted by Crippen LogP contribution is -2.17. The first-order valence-corrected chi connectivity index (χ1v) is 41.9. The number of ether oxygens (including phenoxy) is 1. The Morgan fingerprint density at radius 3 is 1.31 bits per heavy atom. The molecule has 0 amide bonds. The molecule has 101 heavy (non-hydrogen) atoms. The number of fused-ring (bicyclic) bond motifs is 7. The molecule has 2 nitrogen and oxygen atoms in total. The summed E-state index contributed by atoms with van der Waals surface area (Å²) in [6, 6.07) is 95.2. The van der Waals surface area contributed by atoms with Gasteiger partial charge in [-0.25, -0.2) is 0 Å². The van der Waals surface area contributed by atoms with Crippen molar-refractivity contribution in [2.24, 2.45) is 0 Å². The number of rotatable bonds is 11. The van der Waals surface area contributed by atoms with Gasteiger partial charge >= 0.3 is 6.18 Å². The normalized spacial score (nSPS) is 12.8. The number of hydrogen-bond acceptors (Lipinski definition) is 2. The third kappa shape index (κ3) is 17.8. The third-order valence-electron chi connectivity index (χ3n) is 17.9. The molecule has 0 N–H and O–H groups in total. The van der Waals surface area contributed by atoms with Crippen molar-refractivity contribution in [3.05, 3.63) is 322 Å². The second-order valence-electron chi connectivity index (χ2n) is 26.0. The molecule has 3 atom stereocenters. The molecule has 3 unspecified atom stereocenters. The fourth-order valence-electron chi connectivity index (χ4n) is 12.9. The highest BCUT2D eigenvalue weighted by Gasteiger charge is 2.33. The van der Waals surface area contributed by atoms with Gasteiger partial charge in [0.15, 0.2) is 52.7 Å². The highest BCUT2D eigenvalue weighted by atomic mass is 32.2. The smallest absolute Gasteiger partial charge is 0.416 e. The van der Waals surface area contributed by atoms with Crippen LogP contribution in [0.2, 0.25) is 0 Å². The van der Waals surface area contributed by atoms with Gasteiger partial charge in [0.05, 0.1) is 22.9 Å². The molecule has 11 aromatic carbocycles. The van der Waals surface area contributed by atoms with Crippen LogP contribution in [-0.4, -0.2) is 18.1 Å². The molecule has 1 fully saturated rings. The molecule has 0 aliphatic carbocycles. The summed E-state index contributed by atoms with van der Waals surface area (Å²) < 4.78 is 52.7. The van der Waals surface area contributed by atoms with Gasteiger partial charge < -0.3 is 4.74 Å². The van der Waals surface area contributed by atoms with E-state index in [1.807, 2.05) is 56.3 Å². The molecule has 1 aliphatic heterocycles. The van der Waals surface area contributed by atoms with Crippen LogP contribution in [0.25, 0.3) is 80.1 Å². The lowest BCUT2D eigenvalue weighted by atomic mass is 9.87. The minimum absolute atomic E-state index is 0.0350. The molecule has 1 saturated heterocycles. The van der Waals surface area contributed by atoms with Crippen molar-refractivity contribution in [2.45, 2.75) is 117 Å². The zero-order valence-electron chi connectivity index (χ0n) is 59.3. The Hall–Kier alpha value is -8.61. The predicted octanol–water partition coefficient (Wildman–Crippen LogP) is 28.7. The van der Waals surface area contributed by atoms with E-state index in [0.717, 1.165) is 40.5 Å². The van der Waals surface area contributed by atoms with Gasteiger partial charge in [-0.2, -0.15) is 13.2 Å². The Bertz CT molecular complexity index is 5130. The van der Waals surface area contributed by atoms with Gasteiger partial charge in [-0.3, -0.25) is 4.79 Å². The Kier molecular flexibility index (Phi) is 25.4. The Labute approximate surface area is 609 Å². The highest BCUT2D eigenvalue weighted by molar-refractivity contribution is 7.97. The van der Waals surface area contributed by atoms with Crippen LogP contribution < -0.4 is 10.2 Å². The van der Waals surface area contributed by atoms with E-state index in [1.54, 1.807) is 17.0 Å². The molecular weight excluding hydrogens is 1340 g/mol. The first kappa shape index (κ1) is 73.6. The molecule has 10 heteroatoms. The Morgan fingerprint density at radius 1 is 0.386 bits per heavy atom. The van der Waals surface area contributed by atoms with Gasteiger partial charge in [0.25, 0.3) is 0 Å². The van der Waals surface area contributed by atoms with E-state index < -0.39 is 22.2 Å². The van der Waals surface area contributed by atoms with Crippen LogP contribution in [0.5, 0.6) is 5.75 Å². The average molecular weight is 1440 g/mol. The maximum atomic E-state index is 13.1. The number of unbranched alkanes of at least 4 members (excludes halogenated alkanes) is 3. The fraction of sp³-hybridized carbons (Fsp3) is 0.220. The first-order chi connectivity index (χ1) is 49.1. The molecule has 15 aromatic rings. The van der Waals surface area contributed by atoms with E-state index in [4.69, 9.17) is 4.74 Å². The quantitative estimate of drug-likeness (QED) is 0.0733. The summed E-state index contributed by atoms with van der Waals surface area (Å²) in [7, 11) is 0.228. The topological polar surface area (TPSA) is 26.3 Å². The average Bonchev–Trinajstić information content (AvgIpc) is 1.32. The molecular formula is C91H92F3O2S5+5. The molecule has 514 valence electrons. The molecule has 0 saturated carbocycles. The van der Waals surface area contributed by atoms with Crippen LogP contribution in [-0.2, 0) is 22.5 Å². The summed E-state index contributed by atoms with van der Waals surface area (Å²) >= 11 is 0. The van der Waals surface area contributed by atoms with Crippen LogP contribution in [0.15, 0.2) is 300 Å². The van der Waals surface area contributed by atoms with Gasteiger partial charge in [-0.1, -0.05) is 188 Å². The zero-order chi connectivity index (χ0) is 70.9. The first-order valence-electron chi connectivity index (χ1n) is 35.3. The van der Waals surface area contributed by atoms with Crippen molar-refractivity contribution in [1.82, 2.24) is 0 Å². The lowest BCUT2D eigenvalue weighted by Gasteiger charge is -2.18. The summed E-state index contributed by atoms with van der Waals surface area (Å²) in [5.74, 6) is 3.94. The number of hydrogen-bond donors (Lipinski definition) is 0. The van der Waals surface area contributed by atoms with E-state index >= 15 is 0 Å². The van der Waals surface area contributed by atoms with E-state index in [2.05, 4.69) is 259 Å². The summed E-state index contributed by atoms with van der Waals surface area (Å²) in [4.78, 5) is 19.6. The van der Waals surface area contributed by atoms with Gasteiger partial charge in [0.1, 0.15) is 28.0 Å². The summed E-state index contributed by atoms with van der Waals surface area (Å²) in [5.41, 5.74) is 2.98. The molecule has 4 aromatic heterocycles. The maximum absolute atomic E-state index is 13.1. The number of aryl methyl sites for hydroxylation is 2. The molecule has 0 radical (unpaired) electrons. The standard InChI is InChI=1S/C26H29OS.C20H12F3OS.C18H19S.C14H11S.C11H15S.C2H6/c1-4-5-6-11-16-27-26-19(2)17-21(18-20(26)3)28-24-14-9-7-12-22(24)23-13-8-10-15-25(23)28;21-20(22,23)13-10-11-18-16(12-13)19(24)15-8-4-5-9-17(15)25(18)14-6-2-1-3-7-14;1-18(2,3)15-8-10-16(11-9-15)19-13-12-14-6-4-5-7-17(14)19;1-2-7-13(8-3-1)15-11-10-12-6-4-5-9-14(12)15;1-3-7-11(8-4-1)12-9-5-2-6-10-12;1-2/h7-10,12-15,17-18H,4-6,11,16H2,1-3H3;1-12H;4-13H,1-3H3;1-11H;1,3-4,7-8H,2,5-6,9-10H2;1-2H3/q5*+1;. The minimum atomic E-state index is -4.47. The van der Waals surface area contributed by atoms with E-state index in [0.29, 0.717) is 21.0 Å². The monoisotopic (exact) mass is 1430 g/mol. The van der Waals surface area contributed by atoms with Crippen molar-refractivity contribution < 1.29 is 17.9 Å². The second-order valence-corrected chi connectivity index (χ2v) is 35.9. The molecule has 16 rings (SSSR count). The van der Waals surface area contributed by atoms with Crippen molar-refractivity contribution >= 4 is 113 Å². The van der Waals surface area contributed by atoms with Crippen LogP contribution >= 0.6 is 41.9 Å². The second kappa shape index (κ2) is 34.8. The van der Waals surface area contributed by atoms with Crippen LogP contribution in [0.3, 0.4) is 0 Å². The Morgan fingerprint density at radius 2 is 0.802 bits per heavy atom. The molecule has 0 bridgehead atoms.